The van der Waals surface area contributed by atoms with Gasteiger partial charge in [0.2, 0.25) is 21.8 Å². The second-order valence-electron chi connectivity index (χ2n) is 11.8. The van der Waals surface area contributed by atoms with Gasteiger partial charge in [0.15, 0.2) is 0 Å². The Hall–Kier alpha value is -3.07. The maximum absolute atomic E-state index is 14.1. The van der Waals surface area contributed by atoms with Crippen molar-refractivity contribution < 1.29 is 18.0 Å². The zero-order valence-electron chi connectivity index (χ0n) is 26.1. The number of amides is 2. The number of nitrogens with zero attached hydrogens (tertiary/aromatic N) is 2. The summed E-state index contributed by atoms with van der Waals surface area (Å²) >= 11 is 12.5. The number of rotatable bonds is 14. The Kier molecular flexibility index (Phi) is 12.7. The van der Waals surface area contributed by atoms with Crippen LogP contribution in [-0.2, 0) is 39.0 Å². The van der Waals surface area contributed by atoms with Crippen LogP contribution in [0.15, 0.2) is 72.8 Å². The lowest BCUT2D eigenvalue weighted by molar-refractivity contribution is -0.141. The van der Waals surface area contributed by atoms with Crippen molar-refractivity contribution >= 4 is 50.7 Å². The van der Waals surface area contributed by atoms with Gasteiger partial charge in [-0.3, -0.25) is 13.9 Å². The van der Waals surface area contributed by atoms with Crippen molar-refractivity contribution in [2.75, 3.05) is 17.1 Å². The van der Waals surface area contributed by atoms with Gasteiger partial charge >= 0.3 is 0 Å². The number of carbonyl (C=O) groups excluding carboxylic acids is 2. The van der Waals surface area contributed by atoms with Crippen LogP contribution in [0.3, 0.4) is 0 Å². The van der Waals surface area contributed by atoms with E-state index in [2.05, 4.69) is 5.32 Å². The topological polar surface area (TPSA) is 86.8 Å². The van der Waals surface area contributed by atoms with Crippen molar-refractivity contribution in [3.8, 4) is 0 Å². The molecule has 7 nitrogen and oxygen atoms in total. The molecular formula is C35H43Cl2N3O4S. The zero-order chi connectivity index (χ0) is 32.4. The molecule has 45 heavy (non-hydrogen) atoms. The van der Waals surface area contributed by atoms with Gasteiger partial charge in [0.1, 0.15) is 6.04 Å². The average molecular weight is 673 g/mol. The highest BCUT2D eigenvalue weighted by Gasteiger charge is 2.32. The predicted octanol–water partition coefficient (Wildman–Crippen LogP) is 7.19. The highest BCUT2D eigenvalue weighted by molar-refractivity contribution is 7.92. The number of hydrogen-bond donors (Lipinski definition) is 1. The van der Waals surface area contributed by atoms with Gasteiger partial charge in [0.05, 0.1) is 22.0 Å². The number of nitrogens with one attached hydrogen (secondary N) is 1. The Morgan fingerprint density at radius 1 is 0.889 bits per heavy atom. The van der Waals surface area contributed by atoms with Crippen LogP contribution >= 0.6 is 23.2 Å². The molecule has 0 aliphatic heterocycles. The minimum Gasteiger partial charge on any atom is -0.352 e. The first kappa shape index (κ1) is 34.8. The number of anilines is 1. The molecule has 1 N–H and O–H groups in total. The Morgan fingerprint density at radius 2 is 1.56 bits per heavy atom. The van der Waals surface area contributed by atoms with Crippen molar-refractivity contribution in [3.05, 3.63) is 99.5 Å². The summed E-state index contributed by atoms with van der Waals surface area (Å²) in [6.07, 6.45) is 7.84. The van der Waals surface area contributed by atoms with E-state index < -0.39 is 16.1 Å². The molecule has 0 unspecified atom stereocenters. The van der Waals surface area contributed by atoms with Gasteiger partial charge in [0, 0.05) is 32.0 Å². The lowest BCUT2D eigenvalue weighted by Crippen LogP contribution is -2.52. The summed E-state index contributed by atoms with van der Waals surface area (Å²) in [5, 5.41) is 4.01. The number of hydrogen-bond acceptors (Lipinski definition) is 4. The molecule has 2 amide bonds. The van der Waals surface area contributed by atoms with E-state index in [1.54, 1.807) is 35.2 Å². The largest absolute Gasteiger partial charge is 0.352 e. The molecule has 0 radical (unpaired) electrons. The first-order chi connectivity index (χ1) is 21.5. The van der Waals surface area contributed by atoms with E-state index in [0.717, 1.165) is 55.2 Å². The van der Waals surface area contributed by atoms with Crippen LogP contribution in [0.25, 0.3) is 0 Å². The van der Waals surface area contributed by atoms with Crippen molar-refractivity contribution in [2.24, 2.45) is 0 Å². The molecule has 1 atom stereocenters. The van der Waals surface area contributed by atoms with Crippen LogP contribution in [0.1, 0.15) is 68.6 Å². The maximum atomic E-state index is 14.1. The molecule has 0 heterocycles. The molecule has 1 fully saturated rings. The van der Waals surface area contributed by atoms with Crippen LogP contribution in [0.5, 0.6) is 0 Å². The number of benzene rings is 3. The van der Waals surface area contributed by atoms with Crippen molar-refractivity contribution in [1.82, 2.24) is 10.2 Å². The van der Waals surface area contributed by atoms with E-state index in [-0.39, 0.29) is 43.8 Å². The summed E-state index contributed by atoms with van der Waals surface area (Å²) in [5.41, 5.74) is 3.35. The lowest BCUT2D eigenvalue weighted by atomic mass is 9.94. The molecule has 3 aromatic rings. The molecule has 1 aliphatic carbocycles. The van der Waals surface area contributed by atoms with E-state index in [1.165, 1.54) is 10.6 Å². The first-order valence-corrected chi connectivity index (χ1v) is 18.3. The molecule has 0 saturated heterocycles. The SMILES string of the molecule is CCc1ccc(N(CCCC(=O)N(Cc2ccc(Cl)c(Cl)c2)[C@@H](Cc2ccccc2)C(=O)NC2CCCCC2)S(C)(=O)=O)cc1. The summed E-state index contributed by atoms with van der Waals surface area (Å²) in [7, 11) is -3.58. The minimum absolute atomic E-state index is 0.0579. The molecule has 0 aromatic heterocycles. The van der Waals surface area contributed by atoms with E-state index >= 15 is 0 Å². The maximum Gasteiger partial charge on any atom is 0.243 e. The first-order valence-electron chi connectivity index (χ1n) is 15.7. The smallest absolute Gasteiger partial charge is 0.243 e. The summed E-state index contributed by atoms with van der Waals surface area (Å²) in [6, 6.07) is 21.6. The fourth-order valence-corrected chi connectivity index (χ4v) is 7.12. The number of aryl methyl sites for hydroxylation is 1. The van der Waals surface area contributed by atoms with Crippen LogP contribution < -0.4 is 9.62 Å². The summed E-state index contributed by atoms with van der Waals surface area (Å²) in [5.74, 6) is -0.427. The third-order valence-electron chi connectivity index (χ3n) is 8.34. The van der Waals surface area contributed by atoms with Crippen molar-refractivity contribution in [1.29, 1.82) is 0 Å². The van der Waals surface area contributed by atoms with Crippen LogP contribution in [0.2, 0.25) is 10.0 Å². The van der Waals surface area contributed by atoms with Gasteiger partial charge in [-0.2, -0.15) is 0 Å². The molecule has 0 bridgehead atoms. The normalized spacial score (nSPS) is 14.5. The predicted molar refractivity (Wildman–Crippen MR) is 183 cm³/mol. The van der Waals surface area contributed by atoms with E-state index in [0.29, 0.717) is 22.2 Å². The number of carbonyl (C=O) groups is 2. The van der Waals surface area contributed by atoms with E-state index in [4.69, 9.17) is 23.2 Å². The molecule has 1 aliphatic rings. The van der Waals surface area contributed by atoms with Gasteiger partial charge in [-0.25, -0.2) is 8.42 Å². The fraction of sp³-hybridized carbons (Fsp3) is 0.429. The zero-order valence-corrected chi connectivity index (χ0v) is 28.4. The van der Waals surface area contributed by atoms with Gasteiger partial charge in [0.25, 0.3) is 0 Å². The fourth-order valence-electron chi connectivity index (χ4n) is 5.83. The average Bonchev–Trinajstić information content (AvgIpc) is 3.03. The second-order valence-corrected chi connectivity index (χ2v) is 14.5. The number of sulfonamides is 1. The summed E-state index contributed by atoms with van der Waals surface area (Å²) in [6.45, 7) is 2.33. The quantitative estimate of drug-likeness (QED) is 0.197. The second kappa shape index (κ2) is 16.5. The van der Waals surface area contributed by atoms with Gasteiger partial charge in [-0.1, -0.05) is 97.9 Å². The van der Waals surface area contributed by atoms with Gasteiger partial charge in [-0.05, 0) is 66.6 Å². The van der Waals surface area contributed by atoms with Gasteiger partial charge in [-0.15, -0.1) is 0 Å². The number of halogens is 2. The Labute approximate surface area is 278 Å². The highest BCUT2D eigenvalue weighted by Crippen LogP contribution is 2.26. The highest BCUT2D eigenvalue weighted by atomic mass is 35.5. The summed E-state index contributed by atoms with van der Waals surface area (Å²) in [4.78, 5) is 29.7. The summed E-state index contributed by atoms with van der Waals surface area (Å²) < 4.78 is 26.8. The standard InChI is InChI=1S/C35H43Cl2N3O4S/c1-3-26-16-19-30(20-17-26)40(45(2,43)44)22-10-15-34(41)39(25-28-18-21-31(36)32(37)23-28)33(24-27-11-6-4-7-12-27)35(42)38-29-13-8-5-9-14-29/h4,6-7,11-12,16-21,23,29,33H,3,5,8-10,13-15,22,24-25H2,1-2H3,(H,38,42)/t33-/m0/s1. The minimum atomic E-state index is -3.58. The van der Waals surface area contributed by atoms with E-state index in [9.17, 15) is 18.0 Å². The monoisotopic (exact) mass is 671 g/mol. The molecule has 4 rings (SSSR count). The van der Waals surface area contributed by atoms with E-state index in [1.807, 2.05) is 49.4 Å². The molecule has 1 saturated carbocycles. The third-order valence-corrected chi connectivity index (χ3v) is 10.3. The van der Waals surface area contributed by atoms with Gasteiger partial charge < -0.3 is 10.2 Å². The molecule has 10 heteroatoms. The Morgan fingerprint density at radius 3 is 2.18 bits per heavy atom. The Balaban J connectivity index is 1.60. The molecule has 242 valence electrons. The van der Waals surface area contributed by atoms with Crippen LogP contribution in [0.4, 0.5) is 5.69 Å². The lowest BCUT2D eigenvalue weighted by Gasteiger charge is -2.34. The van der Waals surface area contributed by atoms with Crippen molar-refractivity contribution in [3.63, 3.8) is 0 Å². The van der Waals surface area contributed by atoms with Crippen LogP contribution in [0, 0.1) is 0 Å². The van der Waals surface area contributed by atoms with Crippen molar-refractivity contribution in [2.45, 2.75) is 83.3 Å². The van der Waals surface area contributed by atoms with Crippen LogP contribution in [-0.4, -0.2) is 50.0 Å². The molecular weight excluding hydrogens is 629 g/mol. The Bertz CT molecular complexity index is 1530. The third kappa shape index (κ3) is 10.2. The molecule has 3 aromatic carbocycles. The molecule has 0 spiro atoms.